The van der Waals surface area contributed by atoms with Gasteiger partial charge in [0.1, 0.15) is 11.6 Å². The minimum atomic E-state index is -0.454. The highest BCUT2D eigenvalue weighted by atomic mass is 19.1. The summed E-state index contributed by atoms with van der Waals surface area (Å²) < 4.78 is 26.9. The highest BCUT2D eigenvalue weighted by molar-refractivity contribution is 5.83. The predicted octanol–water partition coefficient (Wildman–Crippen LogP) is 3.74. The molecule has 0 aliphatic heterocycles. The molecule has 2 aromatic carbocycles. The van der Waals surface area contributed by atoms with E-state index in [9.17, 15) is 8.78 Å². The highest BCUT2D eigenvalue weighted by Crippen LogP contribution is 2.18. The van der Waals surface area contributed by atoms with Gasteiger partial charge in [-0.2, -0.15) is 0 Å². The second-order valence-corrected chi connectivity index (χ2v) is 6.05. The third kappa shape index (κ3) is 4.39. The Hall–Kier alpha value is -2.89. The van der Waals surface area contributed by atoms with Gasteiger partial charge in [-0.3, -0.25) is 4.99 Å². The van der Waals surface area contributed by atoms with Gasteiger partial charge in [0.05, 0.1) is 0 Å². The Bertz CT molecular complexity index is 902. The fraction of sp³-hybridized carbons (Fsp3) is 0.250. The molecule has 0 unspecified atom stereocenters. The van der Waals surface area contributed by atoms with Crippen molar-refractivity contribution in [3.05, 3.63) is 71.4 Å². The molecule has 3 rings (SSSR count). The molecule has 1 heterocycles. The lowest BCUT2D eigenvalue weighted by molar-refractivity contribution is 0.581. The lowest BCUT2D eigenvalue weighted by Crippen LogP contribution is -2.37. The molecule has 0 saturated carbocycles. The van der Waals surface area contributed by atoms with Crippen molar-refractivity contribution in [1.29, 1.82) is 0 Å². The first-order chi connectivity index (χ1) is 12.7. The van der Waals surface area contributed by atoms with Gasteiger partial charge >= 0.3 is 0 Å². The molecule has 136 valence electrons. The van der Waals surface area contributed by atoms with E-state index in [1.54, 1.807) is 7.05 Å². The van der Waals surface area contributed by atoms with Gasteiger partial charge in [0.25, 0.3) is 0 Å². The summed E-state index contributed by atoms with van der Waals surface area (Å²) in [6, 6.07) is 11.7. The molecule has 0 aliphatic rings. The van der Waals surface area contributed by atoms with Gasteiger partial charge in [-0.25, -0.2) is 8.78 Å². The molecular weight excluding hydrogens is 334 g/mol. The standard InChI is InChI=1S/C20H22F2N4/c1-23-20(26-13-15-11-16(21)8-9-18(15)22)24-10-4-5-14-12-25-19-7-3-2-6-17(14)19/h2-3,6-9,11-12,25H,4-5,10,13H2,1H3,(H2,23,24,26). The molecule has 3 aromatic rings. The summed E-state index contributed by atoms with van der Waals surface area (Å²) >= 11 is 0. The van der Waals surface area contributed by atoms with Crippen LogP contribution in [0.5, 0.6) is 0 Å². The van der Waals surface area contributed by atoms with Gasteiger partial charge in [-0.15, -0.1) is 0 Å². The number of aromatic amines is 1. The van der Waals surface area contributed by atoms with Crippen LogP contribution in [0.1, 0.15) is 17.5 Å². The zero-order valence-corrected chi connectivity index (χ0v) is 14.7. The van der Waals surface area contributed by atoms with Gasteiger partial charge in [-0.1, -0.05) is 18.2 Å². The maximum atomic E-state index is 13.6. The molecule has 0 spiro atoms. The molecule has 0 amide bonds. The number of rotatable bonds is 6. The van der Waals surface area contributed by atoms with E-state index in [4.69, 9.17) is 0 Å². The number of para-hydroxylation sites is 1. The molecule has 0 saturated heterocycles. The largest absolute Gasteiger partial charge is 0.361 e. The monoisotopic (exact) mass is 356 g/mol. The van der Waals surface area contributed by atoms with Crippen LogP contribution in [0.3, 0.4) is 0 Å². The van der Waals surface area contributed by atoms with Crippen LogP contribution >= 0.6 is 0 Å². The summed E-state index contributed by atoms with van der Waals surface area (Å²) in [5.74, 6) is -0.328. The van der Waals surface area contributed by atoms with Crippen LogP contribution in [0.15, 0.2) is 53.7 Å². The zero-order chi connectivity index (χ0) is 18.4. The normalized spacial score (nSPS) is 11.7. The molecule has 0 aliphatic carbocycles. The fourth-order valence-corrected chi connectivity index (χ4v) is 2.90. The molecule has 0 atom stereocenters. The van der Waals surface area contributed by atoms with Crippen LogP contribution in [0.25, 0.3) is 10.9 Å². The first-order valence-electron chi connectivity index (χ1n) is 8.61. The second-order valence-electron chi connectivity index (χ2n) is 6.05. The van der Waals surface area contributed by atoms with E-state index in [2.05, 4.69) is 32.7 Å². The Morgan fingerprint density at radius 2 is 1.92 bits per heavy atom. The van der Waals surface area contributed by atoms with E-state index in [0.29, 0.717) is 5.96 Å². The quantitative estimate of drug-likeness (QED) is 0.358. The Labute approximate surface area is 151 Å². The highest BCUT2D eigenvalue weighted by Gasteiger charge is 2.06. The summed E-state index contributed by atoms with van der Waals surface area (Å²) in [6.07, 6.45) is 3.91. The number of nitrogens with one attached hydrogen (secondary N) is 3. The van der Waals surface area contributed by atoms with Crippen LogP contribution < -0.4 is 10.6 Å². The lowest BCUT2D eigenvalue weighted by Gasteiger charge is -2.12. The summed E-state index contributed by atoms with van der Waals surface area (Å²) in [5.41, 5.74) is 2.70. The van der Waals surface area contributed by atoms with Crippen LogP contribution in [0.2, 0.25) is 0 Å². The summed E-state index contributed by atoms with van der Waals surface area (Å²) in [7, 11) is 1.65. The molecular formula is C20H22F2N4. The molecule has 6 heteroatoms. The van der Waals surface area contributed by atoms with Crippen molar-refractivity contribution >= 4 is 16.9 Å². The van der Waals surface area contributed by atoms with Gasteiger partial charge in [0.2, 0.25) is 0 Å². The molecule has 0 bridgehead atoms. The molecule has 0 radical (unpaired) electrons. The van der Waals surface area contributed by atoms with E-state index in [1.807, 2.05) is 18.3 Å². The van der Waals surface area contributed by atoms with Gasteiger partial charge in [-0.05, 0) is 42.7 Å². The third-order valence-corrected chi connectivity index (χ3v) is 4.27. The van der Waals surface area contributed by atoms with Crippen LogP contribution in [-0.2, 0) is 13.0 Å². The zero-order valence-electron chi connectivity index (χ0n) is 14.7. The third-order valence-electron chi connectivity index (χ3n) is 4.27. The summed E-state index contributed by atoms with van der Waals surface area (Å²) in [6.45, 7) is 0.899. The van der Waals surface area contributed by atoms with Crippen molar-refractivity contribution in [3.8, 4) is 0 Å². The minimum Gasteiger partial charge on any atom is -0.361 e. The molecule has 1 aromatic heterocycles. The Morgan fingerprint density at radius 1 is 1.08 bits per heavy atom. The number of benzene rings is 2. The van der Waals surface area contributed by atoms with Crippen LogP contribution in [0, 0.1) is 11.6 Å². The molecule has 26 heavy (non-hydrogen) atoms. The number of hydrogen-bond donors (Lipinski definition) is 3. The van der Waals surface area contributed by atoms with Gasteiger partial charge in [0, 0.05) is 42.8 Å². The van der Waals surface area contributed by atoms with Gasteiger partial charge < -0.3 is 15.6 Å². The average Bonchev–Trinajstić information content (AvgIpc) is 3.07. The summed E-state index contributed by atoms with van der Waals surface area (Å²) in [4.78, 5) is 7.39. The van der Waals surface area contributed by atoms with Crippen molar-refractivity contribution in [2.75, 3.05) is 13.6 Å². The number of nitrogens with zero attached hydrogens (tertiary/aromatic N) is 1. The number of hydrogen-bond acceptors (Lipinski definition) is 1. The topological polar surface area (TPSA) is 52.2 Å². The smallest absolute Gasteiger partial charge is 0.191 e. The number of halogens is 2. The van der Waals surface area contributed by atoms with Crippen molar-refractivity contribution in [1.82, 2.24) is 15.6 Å². The molecule has 0 fully saturated rings. The Morgan fingerprint density at radius 3 is 2.77 bits per heavy atom. The maximum Gasteiger partial charge on any atom is 0.191 e. The first-order valence-corrected chi connectivity index (χ1v) is 8.61. The van der Waals surface area contributed by atoms with Gasteiger partial charge in [0.15, 0.2) is 5.96 Å². The molecule has 4 nitrogen and oxygen atoms in total. The summed E-state index contributed by atoms with van der Waals surface area (Å²) in [5, 5.41) is 7.45. The maximum absolute atomic E-state index is 13.6. The number of fused-ring (bicyclic) bond motifs is 1. The van der Waals surface area contributed by atoms with E-state index in [0.717, 1.165) is 37.0 Å². The van der Waals surface area contributed by atoms with E-state index < -0.39 is 11.6 Å². The number of aryl methyl sites for hydroxylation is 1. The first kappa shape index (κ1) is 17.9. The van der Waals surface area contributed by atoms with Crippen molar-refractivity contribution in [2.24, 2.45) is 4.99 Å². The number of H-pyrrole nitrogens is 1. The fourth-order valence-electron chi connectivity index (χ4n) is 2.90. The van der Waals surface area contributed by atoms with Crippen molar-refractivity contribution in [2.45, 2.75) is 19.4 Å². The van der Waals surface area contributed by atoms with Crippen LogP contribution in [0.4, 0.5) is 8.78 Å². The number of aromatic nitrogens is 1. The Kier molecular flexibility index (Phi) is 5.84. The van der Waals surface area contributed by atoms with E-state index in [1.165, 1.54) is 17.0 Å². The second kappa shape index (κ2) is 8.47. The molecule has 3 N–H and O–H groups in total. The lowest BCUT2D eigenvalue weighted by atomic mass is 10.1. The Balaban J connectivity index is 1.46. The minimum absolute atomic E-state index is 0.172. The van der Waals surface area contributed by atoms with Crippen LogP contribution in [-0.4, -0.2) is 24.5 Å². The SMILES string of the molecule is CN=C(NCCCc1c[nH]c2ccccc12)NCc1cc(F)ccc1F. The van der Waals surface area contributed by atoms with E-state index in [-0.39, 0.29) is 12.1 Å². The average molecular weight is 356 g/mol. The predicted molar refractivity (Wildman–Crippen MR) is 101 cm³/mol. The number of aliphatic imine (C=N–C) groups is 1. The van der Waals surface area contributed by atoms with Crippen molar-refractivity contribution in [3.63, 3.8) is 0 Å². The van der Waals surface area contributed by atoms with E-state index >= 15 is 0 Å². The van der Waals surface area contributed by atoms with Crippen molar-refractivity contribution < 1.29 is 8.78 Å². The number of guanidine groups is 1.